The van der Waals surface area contributed by atoms with Crippen molar-refractivity contribution in [3.8, 4) is 22.8 Å². The number of aryl methyl sites for hydroxylation is 2. The first-order valence-electron chi connectivity index (χ1n) is 23.1. The fraction of sp³-hybridized carbons (Fsp3) is 0.417. The minimum atomic E-state index is -1.22. The lowest BCUT2D eigenvalue weighted by atomic mass is 10.1. The van der Waals surface area contributed by atoms with Crippen molar-refractivity contribution < 1.29 is 34.4 Å². The highest BCUT2D eigenvalue weighted by atomic mass is 35.5. The Bertz CT molecular complexity index is 3160. The molecule has 0 aliphatic carbocycles. The lowest BCUT2D eigenvalue weighted by Gasteiger charge is -2.15. The third kappa shape index (κ3) is 13.9. The number of carboxylic acid groups (broad SMARTS) is 1. The Hall–Kier alpha value is -5.63. The van der Waals surface area contributed by atoms with Crippen LogP contribution in [-0.2, 0) is 37.0 Å². The summed E-state index contributed by atoms with van der Waals surface area (Å²) in [4.78, 5) is 43.5. The molecule has 8 aromatic rings. The number of nitrogens with zero attached hydrogens (tertiary/aromatic N) is 10. The number of nitrogens with two attached hydrogens (primary N) is 1. The van der Waals surface area contributed by atoms with Gasteiger partial charge in [-0.25, -0.2) is 24.7 Å². The summed E-state index contributed by atoms with van der Waals surface area (Å²) in [7, 11) is 1.24. The van der Waals surface area contributed by atoms with E-state index >= 15 is 0 Å². The molecule has 0 fully saturated rings. The van der Waals surface area contributed by atoms with Gasteiger partial charge in [-0.3, -0.25) is 14.2 Å². The van der Waals surface area contributed by atoms with Crippen molar-refractivity contribution in [2.45, 2.75) is 90.8 Å². The van der Waals surface area contributed by atoms with Crippen LogP contribution < -0.4 is 11.1 Å². The van der Waals surface area contributed by atoms with Crippen LogP contribution in [0.15, 0.2) is 61.2 Å². The number of halogens is 2. The maximum absolute atomic E-state index is 13.0. The van der Waals surface area contributed by atoms with E-state index in [0.29, 0.717) is 73.9 Å². The van der Waals surface area contributed by atoms with E-state index in [9.17, 15) is 19.8 Å². The number of nitrogens with one attached hydrogen (secondary N) is 1. The normalized spacial score (nSPS) is 12.8. The van der Waals surface area contributed by atoms with Gasteiger partial charge in [0.1, 0.15) is 52.8 Å². The van der Waals surface area contributed by atoms with Gasteiger partial charge in [0, 0.05) is 88.8 Å². The summed E-state index contributed by atoms with van der Waals surface area (Å²) in [5.41, 5.74) is 11.3. The number of aliphatic hydroxyl groups is 2. The summed E-state index contributed by atoms with van der Waals surface area (Å²) in [6.45, 7) is 18.9. The van der Waals surface area contributed by atoms with Crippen LogP contribution in [-0.4, -0.2) is 130 Å². The van der Waals surface area contributed by atoms with E-state index in [4.69, 9.17) is 48.5 Å². The van der Waals surface area contributed by atoms with Crippen LogP contribution in [0.4, 0.5) is 0 Å². The van der Waals surface area contributed by atoms with Crippen LogP contribution in [0.5, 0.6) is 0 Å². The Morgan fingerprint density at radius 3 is 1.54 bits per heavy atom. The molecule has 0 aliphatic rings. The number of carbonyl (C=O) groups excluding carboxylic acids is 1. The molecule has 380 valence electrons. The predicted octanol–water partition coefficient (Wildman–Crippen LogP) is 8.04. The van der Waals surface area contributed by atoms with Crippen molar-refractivity contribution in [3.63, 3.8) is 0 Å². The Balaban J connectivity index is 0.000000213. The number of benzene rings is 2. The summed E-state index contributed by atoms with van der Waals surface area (Å²) < 4.78 is 18.7. The largest absolute Gasteiger partial charge is 0.478 e. The molecule has 0 aliphatic heterocycles. The van der Waals surface area contributed by atoms with Crippen molar-refractivity contribution in [1.82, 2.24) is 53.9 Å². The molecule has 0 radical (unpaired) electrons. The summed E-state index contributed by atoms with van der Waals surface area (Å²) in [6, 6.07) is 12.7. The number of ether oxygens (including phenoxy) is 2. The van der Waals surface area contributed by atoms with E-state index in [1.165, 1.54) is 6.20 Å². The van der Waals surface area contributed by atoms with Crippen LogP contribution in [0.2, 0.25) is 61.4 Å². The maximum Gasteiger partial charge on any atom is 0.339 e. The van der Waals surface area contributed by atoms with Crippen molar-refractivity contribution in [2.75, 3.05) is 26.4 Å². The molecule has 0 unspecified atom stereocenters. The van der Waals surface area contributed by atoms with E-state index in [1.54, 1.807) is 57.0 Å². The first-order valence-corrected chi connectivity index (χ1v) is 31.3. The number of fused-ring (bicyclic) bond motifs is 4. The average molecular weight is 1050 g/mol. The van der Waals surface area contributed by atoms with Crippen LogP contribution in [0, 0.1) is 0 Å². The SMILES string of the molecule is C[C@@H](N)CO.C[C@H](CO)NC(=O)c1cn(COCC[Si](C)(C)C)c2ncc(-c3nn(C)c4cc(Cl)ccc34)nc12.Cn1nc(-c2cnc3c(n2)c(C(=O)O)cn3COCC[Si](C)(C)C)c2ccc(Cl)cc21. The second-order valence-electron chi connectivity index (χ2n) is 19.9. The smallest absolute Gasteiger partial charge is 0.339 e. The van der Waals surface area contributed by atoms with Gasteiger partial charge in [-0.2, -0.15) is 10.2 Å². The number of aromatic nitrogens is 10. The quantitative estimate of drug-likeness (QED) is 0.0428. The number of amides is 1. The molecule has 0 saturated heterocycles. The van der Waals surface area contributed by atoms with Crippen LogP contribution >= 0.6 is 23.2 Å². The van der Waals surface area contributed by atoms with E-state index in [0.717, 1.165) is 33.9 Å². The van der Waals surface area contributed by atoms with E-state index in [-0.39, 0.29) is 44.2 Å². The molecule has 2 aromatic carbocycles. The van der Waals surface area contributed by atoms with Gasteiger partial charge < -0.3 is 45.0 Å². The minimum Gasteiger partial charge on any atom is -0.478 e. The number of aliphatic hydroxyl groups excluding tert-OH is 2. The molecular weight excluding hydrogens is 984 g/mol. The average Bonchev–Trinajstić information content (AvgIpc) is 4.06. The lowest BCUT2D eigenvalue weighted by Crippen LogP contribution is -2.34. The molecule has 0 saturated carbocycles. The highest BCUT2D eigenvalue weighted by Crippen LogP contribution is 2.32. The zero-order valence-corrected chi connectivity index (χ0v) is 45.4. The summed E-state index contributed by atoms with van der Waals surface area (Å²) in [5.74, 6) is -1.39. The zero-order chi connectivity index (χ0) is 51.9. The molecule has 6 aromatic heterocycles. The number of carbonyl (C=O) groups is 2. The van der Waals surface area contributed by atoms with E-state index < -0.39 is 28.2 Å². The monoisotopic (exact) mass is 1050 g/mol. The standard InChI is InChI=1S/C24H31ClN6O3Si.C21H24ClN5O3Si.C3H9NO/c1-15(13-32)27-24(33)18-12-31(14-34-8-9-35(3,4)5)23-22(18)28-19(11-26-23)21-17-7-6-16(25)10-20(17)30(2)29-21;1-26-17-9-13(22)5-6-14(17)18(25-26)16-10-23-20-19(24-16)15(21(28)29)11-27(20)12-30-7-8-31(2,3)4;1-3(4)2-5/h6-7,10-12,15,32H,8-9,13-14H2,1-5H3,(H,27,33);5-6,9-11H,7-8,12H2,1-4H3,(H,28,29);3,5H,2,4H2,1H3/t15-;;3-/m1.1/s1. The van der Waals surface area contributed by atoms with Gasteiger partial charge in [-0.05, 0) is 62.3 Å². The minimum absolute atomic E-state index is 0.0602. The summed E-state index contributed by atoms with van der Waals surface area (Å²) in [5, 5.41) is 42.1. The molecule has 23 heteroatoms. The molecule has 71 heavy (non-hydrogen) atoms. The number of rotatable bonds is 17. The molecule has 0 spiro atoms. The van der Waals surface area contributed by atoms with Gasteiger partial charge in [0.15, 0.2) is 11.3 Å². The predicted molar refractivity (Wildman–Crippen MR) is 284 cm³/mol. The van der Waals surface area contributed by atoms with Crippen LogP contribution in [0.25, 0.3) is 66.9 Å². The Kier molecular flexibility index (Phi) is 17.9. The fourth-order valence-electron chi connectivity index (χ4n) is 7.12. The van der Waals surface area contributed by atoms with Crippen LogP contribution in [0.3, 0.4) is 0 Å². The number of hydrogen-bond donors (Lipinski definition) is 5. The molecule has 6 N–H and O–H groups in total. The first kappa shape index (κ1) is 54.7. The maximum atomic E-state index is 13.0. The molecule has 1 amide bonds. The number of aromatic carboxylic acids is 1. The fourth-order valence-corrected chi connectivity index (χ4v) is 8.97. The first-order chi connectivity index (χ1) is 33.5. The van der Waals surface area contributed by atoms with Crippen LogP contribution in [0.1, 0.15) is 34.6 Å². The Morgan fingerprint density at radius 1 is 0.718 bits per heavy atom. The van der Waals surface area contributed by atoms with Gasteiger partial charge in [0.05, 0.1) is 42.2 Å². The molecule has 19 nitrogen and oxygen atoms in total. The Morgan fingerprint density at radius 2 is 1.14 bits per heavy atom. The van der Waals surface area contributed by atoms with Gasteiger partial charge in [-0.1, -0.05) is 62.5 Å². The summed E-state index contributed by atoms with van der Waals surface area (Å²) >= 11 is 12.3. The lowest BCUT2D eigenvalue weighted by molar-refractivity contribution is 0.0695. The topological polar surface area (TPSA) is 248 Å². The van der Waals surface area contributed by atoms with Crippen molar-refractivity contribution in [1.29, 1.82) is 0 Å². The molecule has 0 bridgehead atoms. The second-order valence-corrected chi connectivity index (χ2v) is 32.0. The van der Waals surface area contributed by atoms with Crippen molar-refractivity contribution in [3.05, 3.63) is 82.4 Å². The van der Waals surface area contributed by atoms with Gasteiger partial charge in [-0.15, -0.1) is 0 Å². The number of hydrogen-bond acceptors (Lipinski definition) is 13. The highest BCUT2D eigenvalue weighted by molar-refractivity contribution is 6.76. The third-order valence-corrected chi connectivity index (χ3v) is 15.0. The third-order valence-electron chi connectivity index (χ3n) is 11.1. The van der Waals surface area contributed by atoms with Gasteiger partial charge >= 0.3 is 5.97 Å². The van der Waals surface area contributed by atoms with Crippen molar-refractivity contribution in [2.24, 2.45) is 19.8 Å². The van der Waals surface area contributed by atoms with Crippen molar-refractivity contribution >= 4 is 95.4 Å². The zero-order valence-electron chi connectivity index (χ0n) is 41.9. The molecule has 8 rings (SSSR count). The highest BCUT2D eigenvalue weighted by Gasteiger charge is 2.24. The van der Waals surface area contributed by atoms with Gasteiger partial charge in [0.25, 0.3) is 5.91 Å². The Labute approximate surface area is 423 Å². The molecular formula is C48H64Cl2N12O7Si2. The van der Waals surface area contributed by atoms with Gasteiger partial charge in [0.2, 0.25) is 0 Å². The van der Waals surface area contributed by atoms with E-state index in [1.807, 2.05) is 44.4 Å². The summed E-state index contributed by atoms with van der Waals surface area (Å²) in [6.07, 6.45) is 6.51. The van der Waals surface area contributed by atoms with E-state index in [2.05, 4.69) is 69.7 Å². The molecule has 2 atom stereocenters. The number of carboxylic acids is 1. The second kappa shape index (κ2) is 23.3. The molecule has 6 heterocycles.